The van der Waals surface area contributed by atoms with Crippen LogP contribution >= 0.6 is 0 Å². The largest absolute Gasteiger partial charge is 0.383 e. The lowest BCUT2D eigenvalue weighted by atomic mass is 9.87. The molecule has 1 N–H and O–H groups in total. The molecule has 0 unspecified atom stereocenters. The van der Waals surface area contributed by atoms with Crippen LogP contribution < -0.4 is 0 Å². The number of hydrogen-bond acceptors (Lipinski definition) is 2. The predicted molar refractivity (Wildman–Crippen MR) is 68.0 cm³/mol. The molecule has 0 spiro atoms. The third kappa shape index (κ3) is 3.78. The minimum Gasteiger partial charge on any atom is -0.383 e. The van der Waals surface area contributed by atoms with Crippen LogP contribution in [0.15, 0.2) is 0 Å². The summed E-state index contributed by atoms with van der Waals surface area (Å²) in [7, 11) is 1.72. The third-order valence-corrected chi connectivity index (χ3v) is 3.46. The SMILES string of the molecule is COCCN(C(=N)C1CCCCC1)C(C)C. The van der Waals surface area contributed by atoms with Crippen LogP contribution in [0.4, 0.5) is 0 Å². The fourth-order valence-electron chi connectivity index (χ4n) is 2.46. The van der Waals surface area contributed by atoms with E-state index < -0.39 is 0 Å². The van der Waals surface area contributed by atoms with Crippen molar-refractivity contribution in [1.82, 2.24) is 4.90 Å². The molecule has 1 fully saturated rings. The van der Waals surface area contributed by atoms with Crippen molar-refractivity contribution >= 4 is 5.84 Å². The smallest absolute Gasteiger partial charge is 0.0992 e. The van der Waals surface area contributed by atoms with Crippen LogP contribution in [0, 0.1) is 11.3 Å². The predicted octanol–water partition coefficient (Wildman–Crippen LogP) is 2.90. The number of nitrogens with zero attached hydrogens (tertiary/aromatic N) is 1. The Morgan fingerprint density at radius 3 is 2.44 bits per heavy atom. The van der Waals surface area contributed by atoms with Gasteiger partial charge in [0.05, 0.1) is 12.4 Å². The lowest BCUT2D eigenvalue weighted by Crippen LogP contribution is -2.42. The fraction of sp³-hybridized carbons (Fsp3) is 0.923. The zero-order valence-electron chi connectivity index (χ0n) is 11.0. The standard InChI is InChI=1S/C13H26N2O/c1-11(2)15(9-10-16-3)13(14)12-7-5-4-6-8-12/h11-12,14H,4-10H2,1-3H3. The number of ether oxygens (including phenoxy) is 1. The molecule has 1 rings (SSSR count). The number of methoxy groups -OCH3 is 1. The molecular weight excluding hydrogens is 200 g/mol. The van der Waals surface area contributed by atoms with Crippen molar-refractivity contribution in [3.63, 3.8) is 0 Å². The van der Waals surface area contributed by atoms with Gasteiger partial charge in [0.15, 0.2) is 0 Å². The Kier molecular flexibility index (Phi) is 5.81. The lowest BCUT2D eigenvalue weighted by molar-refractivity contribution is 0.162. The Morgan fingerprint density at radius 1 is 1.31 bits per heavy atom. The van der Waals surface area contributed by atoms with Crippen LogP contribution in [-0.2, 0) is 4.74 Å². The van der Waals surface area contributed by atoms with Gasteiger partial charge < -0.3 is 9.64 Å². The van der Waals surface area contributed by atoms with Gasteiger partial charge in [0.25, 0.3) is 0 Å². The molecular formula is C13H26N2O. The first-order chi connectivity index (χ1) is 7.66. The number of nitrogens with one attached hydrogen (secondary N) is 1. The Morgan fingerprint density at radius 2 is 1.94 bits per heavy atom. The first-order valence-electron chi connectivity index (χ1n) is 6.50. The van der Waals surface area contributed by atoms with Crippen molar-refractivity contribution in [3.05, 3.63) is 0 Å². The molecule has 0 radical (unpaired) electrons. The molecule has 0 aromatic carbocycles. The van der Waals surface area contributed by atoms with E-state index in [4.69, 9.17) is 10.1 Å². The molecule has 0 bridgehead atoms. The molecule has 0 amide bonds. The van der Waals surface area contributed by atoms with Crippen molar-refractivity contribution in [2.75, 3.05) is 20.3 Å². The van der Waals surface area contributed by atoms with E-state index in [1.807, 2.05) is 0 Å². The molecule has 16 heavy (non-hydrogen) atoms. The van der Waals surface area contributed by atoms with Gasteiger partial charge in [-0.3, -0.25) is 5.41 Å². The number of amidine groups is 1. The monoisotopic (exact) mass is 226 g/mol. The van der Waals surface area contributed by atoms with E-state index in [9.17, 15) is 0 Å². The maximum atomic E-state index is 8.32. The van der Waals surface area contributed by atoms with E-state index in [1.54, 1.807) is 7.11 Å². The second-order valence-electron chi connectivity index (χ2n) is 5.00. The van der Waals surface area contributed by atoms with Crippen LogP contribution in [-0.4, -0.2) is 37.0 Å². The molecule has 0 aromatic rings. The minimum absolute atomic E-state index is 0.407. The normalized spacial score (nSPS) is 17.8. The van der Waals surface area contributed by atoms with Gasteiger partial charge in [0.1, 0.15) is 0 Å². The van der Waals surface area contributed by atoms with E-state index >= 15 is 0 Å². The summed E-state index contributed by atoms with van der Waals surface area (Å²) in [6, 6.07) is 0.407. The Labute approximate surface area is 99.7 Å². The zero-order valence-corrected chi connectivity index (χ0v) is 11.0. The van der Waals surface area contributed by atoms with Crippen LogP contribution in [0.2, 0.25) is 0 Å². The van der Waals surface area contributed by atoms with E-state index in [0.29, 0.717) is 18.6 Å². The van der Waals surface area contributed by atoms with Gasteiger partial charge in [-0.05, 0) is 26.7 Å². The molecule has 0 heterocycles. The highest BCUT2D eigenvalue weighted by molar-refractivity contribution is 5.82. The van der Waals surface area contributed by atoms with E-state index in [-0.39, 0.29) is 0 Å². The van der Waals surface area contributed by atoms with Gasteiger partial charge in [-0.2, -0.15) is 0 Å². The summed E-state index contributed by atoms with van der Waals surface area (Å²) in [5, 5.41) is 8.32. The van der Waals surface area contributed by atoms with Gasteiger partial charge in [0.2, 0.25) is 0 Å². The molecule has 0 atom stereocenters. The van der Waals surface area contributed by atoms with Crippen molar-refractivity contribution in [2.24, 2.45) is 5.92 Å². The van der Waals surface area contributed by atoms with Crippen molar-refractivity contribution in [3.8, 4) is 0 Å². The van der Waals surface area contributed by atoms with Crippen LogP contribution in [0.5, 0.6) is 0 Å². The van der Waals surface area contributed by atoms with Crippen molar-refractivity contribution in [2.45, 2.75) is 52.0 Å². The van der Waals surface area contributed by atoms with Gasteiger partial charge in [-0.1, -0.05) is 19.3 Å². The highest BCUT2D eigenvalue weighted by atomic mass is 16.5. The average Bonchev–Trinajstić information content (AvgIpc) is 2.30. The van der Waals surface area contributed by atoms with Crippen LogP contribution in [0.1, 0.15) is 46.0 Å². The quantitative estimate of drug-likeness (QED) is 0.578. The zero-order chi connectivity index (χ0) is 12.0. The van der Waals surface area contributed by atoms with Crippen molar-refractivity contribution < 1.29 is 4.74 Å². The summed E-state index contributed by atoms with van der Waals surface area (Å²) in [4.78, 5) is 2.19. The maximum Gasteiger partial charge on any atom is 0.0992 e. The average molecular weight is 226 g/mol. The highest BCUT2D eigenvalue weighted by Gasteiger charge is 2.23. The van der Waals surface area contributed by atoms with Gasteiger partial charge in [-0.25, -0.2) is 0 Å². The van der Waals surface area contributed by atoms with E-state index in [2.05, 4.69) is 18.7 Å². The number of hydrogen-bond donors (Lipinski definition) is 1. The van der Waals surface area contributed by atoms with Crippen LogP contribution in [0.3, 0.4) is 0 Å². The fourth-order valence-corrected chi connectivity index (χ4v) is 2.46. The van der Waals surface area contributed by atoms with Gasteiger partial charge in [-0.15, -0.1) is 0 Å². The Balaban J connectivity index is 2.51. The topological polar surface area (TPSA) is 36.3 Å². The summed E-state index contributed by atoms with van der Waals surface area (Å²) >= 11 is 0. The third-order valence-electron chi connectivity index (χ3n) is 3.46. The summed E-state index contributed by atoms with van der Waals surface area (Å²) in [6.45, 7) is 5.89. The minimum atomic E-state index is 0.407. The summed E-state index contributed by atoms with van der Waals surface area (Å²) < 4.78 is 5.12. The molecule has 94 valence electrons. The second kappa shape index (κ2) is 6.89. The summed E-state index contributed by atoms with van der Waals surface area (Å²) in [6.07, 6.45) is 6.35. The summed E-state index contributed by atoms with van der Waals surface area (Å²) in [5.41, 5.74) is 0. The molecule has 1 aliphatic carbocycles. The molecule has 3 nitrogen and oxygen atoms in total. The van der Waals surface area contributed by atoms with Gasteiger partial charge >= 0.3 is 0 Å². The Hall–Kier alpha value is -0.570. The molecule has 0 aromatic heterocycles. The number of rotatable bonds is 5. The molecule has 1 saturated carbocycles. The van der Waals surface area contributed by atoms with Gasteiger partial charge in [0, 0.05) is 25.6 Å². The molecule has 0 aliphatic heterocycles. The van der Waals surface area contributed by atoms with E-state index in [0.717, 1.165) is 12.4 Å². The van der Waals surface area contributed by atoms with E-state index in [1.165, 1.54) is 32.1 Å². The molecule has 0 saturated heterocycles. The molecule has 1 aliphatic rings. The second-order valence-corrected chi connectivity index (χ2v) is 5.00. The first-order valence-corrected chi connectivity index (χ1v) is 6.50. The Bertz CT molecular complexity index is 210. The lowest BCUT2D eigenvalue weighted by Gasteiger charge is -2.34. The molecule has 3 heteroatoms. The first kappa shape index (κ1) is 13.5. The summed E-state index contributed by atoms with van der Waals surface area (Å²) in [5.74, 6) is 1.33. The van der Waals surface area contributed by atoms with Crippen LogP contribution in [0.25, 0.3) is 0 Å². The van der Waals surface area contributed by atoms with Crippen molar-refractivity contribution in [1.29, 1.82) is 5.41 Å². The maximum absolute atomic E-state index is 8.32. The highest BCUT2D eigenvalue weighted by Crippen LogP contribution is 2.26.